The maximum absolute atomic E-state index is 12.5. The number of rotatable bonds is 7. The fraction of sp³-hybridized carbons (Fsp3) is 0.600. The molecule has 0 fully saturated rings. The Bertz CT molecular complexity index is 264. The van der Waals surface area contributed by atoms with Crippen LogP contribution in [0.25, 0.3) is 0 Å². The van der Waals surface area contributed by atoms with Gasteiger partial charge in [0, 0.05) is 22.6 Å². The van der Waals surface area contributed by atoms with E-state index in [4.69, 9.17) is 16.2 Å². The van der Waals surface area contributed by atoms with Gasteiger partial charge in [0.15, 0.2) is 12.5 Å². The highest BCUT2D eigenvalue weighted by atomic mass is 127. The Labute approximate surface area is 108 Å². The molecule has 0 aliphatic heterocycles. The van der Waals surface area contributed by atoms with Crippen molar-refractivity contribution in [3.63, 3.8) is 0 Å². The van der Waals surface area contributed by atoms with Crippen LogP contribution < -0.4 is 11.5 Å². The van der Waals surface area contributed by atoms with Gasteiger partial charge in [0.25, 0.3) is 0 Å². The Kier molecular flexibility index (Phi) is 6.89. The van der Waals surface area contributed by atoms with Gasteiger partial charge in [0.1, 0.15) is 0 Å². The second kappa shape index (κ2) is 7.05. The molecule has 4 N–H and O–H groups in total. The van der Waals surface area contributed by atoms with E-state index in [2.05, 4.69) is 6.58 Å². The van der Waals surface area contributed by atoms with Crippen LogP contribution in [0.3, 0.4) is 0 Å². The normalized spacial score (nSPS) is 15.3. The fourth-order valence-corrected chi connectivity index (χ4v) is 1.20. The van der Waals surface area contributed by atoms with E-state index in [1.54, 1.807) is 13.0 Å². The maximum atomic E-state index is 12.5. The van der Waals surface area contributed by atoms with Crippen LogP contribution in [0.4, 0.5) is 8.78 Å². The summed E-state index contributed by atoms with van der Waals surface area (Å²) >= 11 is 1.00. The summed E-state index contributed by atoms with van der Waals surface area (Å²) in [5, 5.41) is 0. The van der Waals surface area contributed by atoms with Gasteiger partial charge in [-0.2, -0.15) is 8.78 Å². The van der Waals surface area contributed by atoms with Gasteiger partial charge in [-0.1, -0.05) is 6.08 Å². The predicted octanol–water partition coefficient (Wildman–Crippen LogP) is 2.37. The van der Waals surface area contributed by atoms with E-state index in [-0.39, 0.29) is 11.8 Å². The lowest BCUT2D eigenvalue weighted by atomic mass is 10.0. The molecule has 0 aromatic heterocycles. The molecule has 6 heteroatoms. The lowest BCUT2D eigenvalue weighted by Crippen LogP contribution is -2.19. The number of halogens is 3. The molecule has 94 valence electrons. The summed E-state index contributed by atoms with van der Waals surface area (Å²) in [6.07, 6.45) is 2.28. The molecule has 0 amide bonds. The van der Waals surface area contributed by atoms with Gasteiger partial charge in [-0.3, -0.25) is 0 Å². The van der Waals surface area contributed by atoms with Crippen LogP contribution in [0.5, 0.6) is 0 Å². The lowest BCUT2D eigenvalue weighted by molar-refractivity contribution is 0.0319. The third kappa shape index (κ3) is 7.00. The number of ether oxygens (including phenoxy) is 1. The van der Waals surface area contributed by atoms with Gasteiger partial charge in [-0.25, -0.2) is 0 Å². The van der Waals surface area contributed by atoms with Gasteiger partial charge >= 0.3 is 3.93 Å². The Balaban J connectivity index is 4.29. The van der Waals surface area contributed by atoms with Crippen LogP contribution in [0.15, 0.2) is 24.1 Å². The molecule has 16 heavy (non-hydrogen) atoms. The molecule has 0 rings (SSSR count). The first-order valence-electron chi connectivity index (χ1n) is 4.77. The summed E-state index contributed by atoms with van der Waals surface area (Å²) in [5.41, 5.74) is 11.7. The van der Waals surface area contributed by atoms with Gasteiger partial charge in [-0.05, 0) is 31.4 Å². The van der Waals surface area contributed by atoms with Gasteiger partial charge < -0.3 is 16.2 Å². The van der Waals surface area contributed by atoms with Crippen LogP contribution in [0.2, 0.25) is 0 Å². The van der Waals surface area contributed by atoms with Crippen molar-refractivity contribution in [1.82, 2.24) is 0 Å². The summed E-state index contributed by atoms with van der Waals surface area (Å²) in [5.74, 6) is 0.124. The second-order valence-electron chi connectivity index (χ2n) is 3.48. The maximum Gasteiger partial charge on any atom is 0.329 e. The minimum Gasteiger partial charge on any atom is -0.472 e. The largest absolute Gasteiger partial charge is 0.472 e. The van der Waals surface area contributed by atoms with E-state index in [9.17, 15) is 8.78 Å². The van der Waals surface area contributed by atoms with E-state index >= 15 is 0 Å². The first kappa shape index (κ1) is 15.6. The fourth-order valence-electron chi connectivity index (χ4n) is 1.04. The summed E-state index contributed by atoms with van der Waals surface area (Å²) in [4.78, 5) is 0. The van der Waals surface area contributed by atoms with E-state index in [0.29, 0.717) is 18.5 Å². The molecule has 0 aliphatic carbocycles. The monoisotopic (exact) mass is 346 g/mol. The zero-order valence-corrected chi connectivity index (χ0v) is 11.3. The Hall–Kier alpha value is -0.370. The van der Waals surface area contributed by atoms with Crippen molar-refractivity contribution in [3.8, 4) is 0 Å². The van der Waals surface area contributed by atoms with E-state index < -0.39 is 10.5 Å². The van der Waals surface area contributed by atoms with Crippen LogP contribution in [-0.4, -0.2) is 17.1 Å². The number of alkyl halides is 3. The summed E-state index contributed by atoms with van der Waals surface area (Å²) in [7, 11) is 0. The highest BCUT2D eigenvalue weighted by Gasteiger charge is 2.25. The lowest BCUT2D eigenvalue weighted by Gasteiger charge is -2.15. The molecule has 0 saturated carbocycles. The van der Waals surface area contributed by atoms with Gasteiger partial charge in [0.2, 0.25) is 0 Å². The minimum atomic E-state index is -2.91. The molecule has 3 nitrogen and oxygen atoms in total. The van der Waals surface area contributed by atoms with Gasteiger partial charge in [0.05, 0.1) is 0 Å². The van der Waals surface area contributed by atoms with Crippen molar-refractivity contribution < 1.29 is 13.5 Å². The van der Waals surface area contributed by atoms with Gasteiger partial charge in [-0.15, -0.1) is 6.58 Å². The van der Waals surface area contributed by atoms with Crippen molar-refractivity contribution in [1.29, 1.82) is 0 Å². The zero-order chi connectivity index (χ0) is 12.8. The SMILES string of the molecule is C=C[C@H](CN)C/C(C)=C(\N)OCC(F)(F)I. The van der Waals surface area contributed by atoms with Crippen molar-refractivity contribution in [2.45, 2.75) is 17.3 Å². The molecule has 0 aromatic rings. The van der Waals surface area contributed by atoms with E-state index in [1.807, 2.05) is 0 Å². The molecular weight excluding hydrogens is 329 g/mol. The van der Waals surface area contributed by atoms with E-state index in [0.717, 1.165) is 22.6 Å². The quantitative estimate of drug-likeness (QED) is 0.322. The Morgan fingerprint density at radius 2 is 2.19 bits per heavy atom. The van der Waals surface area contributed by atoms with Crippen molar-refractivity contribution in [2.24, 2.45) is 17.4 Å². The number of nitrogens with two attached hydrogens (primary N) is 2. The minimum absolute atomic E-state index is 0.0386. The molecule has 0 saturated heterocycles. The number of hydrogen-bond acceptors (Lipinski definition) is 3. The van der Waals surface area contributed by atoms with Crippen LogP contribution in [0.1, 0.15) is 13.3 Å². The molecule has 0 unspecified atom stereocenters. The molecule has 0 spiro atoms. The molecular formula is C10H17F2IN2O. The van der Waals surface area contributed by atoms with E-state index in [1.165, 1.54) is 0 Å². The van der Waals surface area contributed by atoms with Crippen molar-refractivity contribution in [2.75, 3.05) is 13.2 Å². The Morgan fingerprint density at radius 3 is 2.56 bits per heavy atom. The third-order valence-electron chi connectivity index (χ3n) is 2.02. The predicted molar refractivity (Wildman–Crippen MR) is 69.2 cm³/mol. The molecule has 0 aliphatic rings. The average Bonchev–Trinajstić information content (AvgIpc) is 2.20. The first-order chi connectivity index (χ1) is 7.30. The summed E-state index contributed by atoms with van der Waals surface area (Å²) in [6.45, 7) is 5.07. The van der Waals surface area contributed by atoms with Crippen molar-refractivity contribution >= 4 is 22.6 Å². The van der Waals surface area contributed by atoms with Crippen LogP contribution in [0, 0.1) is 5.92 Å². The number of allylic oxidation sites excluding steroid dienone is 1. The second-order valence-corrected chi connectivity index (χ2v) is 5.06. The van der Waals surface area contributed by atoms with Crippen LogP contribution in [-0.2, 0) is 4.74 Å². The highest BCUT2D eigenvalue weighted by Crippen LogP contribution is 2.23. The molecule has 0 aromatic carbocycles. The highest BCUT2D eigenvalue weighted by molar-refractivity contribution is 14.1. The van der Waals surface area contributed by atoms with Crippen molar-refractivity contribution in [3.05, 3.63) is 24.1 Å². The first-order valence-corrected chi connectivity index (χ1v) is 5.85. The zero-order valence-electron chi connectivity index (χ0n) is 9.18. The molecule has 1 atom stereocenters. The summed E-state index contributed by atoms with van der Waals surface area (Å²) < 4.78 is 26.9. The molecule has 0 radical (unpaired) electrons. The third-order valence-corrected chi connectivity index (χ3v) is 2.33. The topological polar surface area (TPSA) is 61.3 Å². The number of hydrogen-bond donors (Lipinski definition) is 2. The molecule has 0 bridgehead atoms. The Morgan fingerprint density at radius 1 is 1.62 bits per heavy atom. The standard InChI is InChI=1S/C10H17F2IN2O/c1-3-8(5-14)4-7(2)9(15)16-6-10(11,12)13/h3,8H,1,4-6,14-15H2,2H3/b9-7+/t8-/m0/s1. The smallest absolute Gasteiger partial charge is 0.329 e. The average molecular weight is 346 g/mol. The summed E-state index contributed by atoms with van der Waals surface area (Å²) in [6, 6.07) is 0. The molecule has 0 heterocycles. The van der Waals surface area contributed by atoms with Crippen LogP contribution >= 0.6 is 22.6 Å².